The second kappa shape index (κ2) is 9.72. The maximum Gasteiger partial charge on any atom is 0.341 e. The molecule has 1 aromatic carbocycles. The second-order valence-electron chi connectivity index (χ2n) is 5.78. The number of esters is 1. The van der Waals surface area contributed by atoms with Crippen LogP contribution in [0.15, 0.2) is 30.5 Å². The lowest BCUT2D eigenvalue weighted by molar-refractivity contribution is 0.0525. The summed E-state index contributed by atoms with van der Waals surface area (Å²) in [5.41, 5.74) is 2.48. The quantitative estimate of drug-likeness (QED) is 0.549. The first-order valence-electron chi connectivity index (χ1n) is 8.67. The smallest absolute Gasteiger partial charge is 0.341 e. The van der Waals surface area contributed by atoms with E-state index in [0.717, 1.165) is 18.5 Å². The zero-order valence-electron chi connectivity index (χ0n) is 15.4. The van der Waals surface area contributed by atoms with Crippen molar-refractivity contribution in [1.82, 2.24) is 15.1 Å². The van der Waals surface area contributed by atoms with Gasteiger partial charge in [0, 0.05) is 25.8 Å². The first kappa shape index (κ1) is 19.7. The fourth-order valence-electron chi connectivity index (χ4n) is 2.51. The number of methoxy groups -OCH3 is 1. The van der Waals surface area contributed by atoms with Gasteiger partial charge in [0.2, 0.25) is 0 Å². The van der Waals surface area contributed by atoms with E-state index < -0.39 is 0 Å². The Morgan fingerprint density at radius 1 is 1.19 bits per heavy atom. The summed E-state index contributed by atoms with van der Waals surface area (Å²) < 4.78 is 11.6. The summed E-state index contributed by atoms with van der Waals surface area (Å²) in [5, 5.41) is 7.13. The molecular weight excluding hydrogens is 334 g/mol. The second-order valence-corrected chi connectivity index (χ2v) is 5.78. The third kappa shape index (κ3) is 4.92. The van der Waals surface area contributed by atoms with Crippen molar-refractivity contribution in [2.75, 3.05) is 26.9 Å². The summed E-state index contributed by atoms with van der Waals surface area (Å²) >= 11 is 0. The van der Waals surface area contributed by atoms with Crippen molar-refractivity contribution < 1.29 is 19.1 Å². The van der Waals surface area contributed by atoms with Gasteiger partial charge in [0.05, 0.1) is 24.2 Å². The maximum absolute atomic E-state index is 12.1. The summed E-state index contributed by atoms with van der Waals surface area (Å²) in [6.45, 7) is 5.20. The van der Waals surface area contributed by atoms with E-state index in [9.17, 15) is 9.59 Å². The minimum absolute atomic E-state index is 0.113. The van der Waals surface area contributed by atoms with E-state index >= 15 is 0 Å². The minimum atomic E-state index is -0.388. The maximum atomic E-state index is 12.1. The number of benzene rings is 1. The molecule has 0 aliphatic rings. The Morgan fingerprint density at radius 3 is 2.58 bits per heavy atom. The highest BCUT2D eigenvalue weighted by Crippen LogP contribution is 2.16. The van der Waals surface area contributed by atoms with Crippen molar-refractivity contribution in [3.05, 3.63) is 47.3 Å². The lowest BCUT2D eigenvalue weighted by Crippen LogP contribution is -2.24. The summed E-state index contributed by atoms with van der Waals surface area (Å²) in [4.78, 5) is 24.0. The molecule has 7 heteroatoms. The first-order valence-corrected chi connectivity index (χ1v) is 8.67. The third-order valence-corrected chi connectivity index (χ3v) is 3.94. The highest BCUT2D eigenvalue weighted by Gasteiger charge is 2.16. The van der Waals surface area contributed by atoms with Gasteiger partial charge in [-0.2, -0.15) is 5.10 Å². The van der Waals surface area contributed by atoms with Crippen molar-refractivity contribution in [3.63, 3.8) is 0 Å². The van der Waals surface area contributed by atoms with Gasteiger partial charge in [-0.25, -0.2) is 9.48 Å². The molecule has 26 heavy (non-hydrogen) atoms. The summed E-state index contributed by atoms with van der Waals surface area (Å²) in [6.07, 6.45) is 3.28. The Morgan fingerprint density at radius 2 is 1.92 bits per heavy atom. The van der Waals surface area contributed by atoms with Crippen LogP contribution in [0.25, 0.3) is 5.69 Å². The van der Waals surface area contributed by atoms with Gasteiger partial charge in [0.15, 0.2) is 0 Å². The van der Waals surface area contributed by atoms with Gasteiger partial charge in [-0.3, -0.25) is 4.79 Å². The standard InChI is InChI=1S/C19H25N3O4/c1-4-26-19(24)17-13-21-22(14(17)2)16-9-7-15(8-10-16)18(23)20-11-5-6-12-25-3/h7-10,13H,4-6,11-12H2,1-3H3,(H,20,23). The van der Waals surface area contributed by atoms with E-state index in [1.807, 2.05) is 0 Å². The fourth-order valence-corrected chi connectivity index (χ4v) is 2.51. The van der Waals surface area contributed by atoms with E-state index in [1.54, 1.807) is 49.9 Å². The number of rotatable bonds is 9. The topological polar surface area (TPSA) is 82.5 Å². The van der Waals surface area contributed by atoms with Gasteiger partial charge in [0.25, 0.3) is 5.91 Å². The number of nitrogens with zero attached hydrogens (tertiary/aromatic N) is 2. The van der Waals surface area contributed by atoms with Crippen LogP contribution >= 0.6 is 0 Å². The predicted molar refractivity (Wildman–Crippen MR) is 97.7 cm³/mol. The molecule has 1 N–H and O–H groups in total. The molecule has 0 saturated heterocycles. The lowest BCUT2D eigenvalue weighted by atomic mass is 10.2. The van der Waals surface area contributed by atoms with Crippen molar-refractivity contribution in [2.45, 2.75) is 26.7 Å². The summed E-state index contributed by atoms with van der Waals surface area (Å²) in [6, 6.07) is 7.08. The molecule has 0 bridgehead atoms. The molecule has 1 aromatic heterocycles. The Labute approximate surface area is 153 Å². The summed E-state index contributed by atoms with van der Waals surface area (Å²) in [7, 11) is 1.66. The Kier molecular flexibility index (Phi) is 7.35. The number of hydrogen-bond donors (Lipinski definition) is 1. The Bertz CT molecular complexity index is 738. The van der Waals surface area contributed by atoms with Crippen LogP contribution in [0.2, 0.25) is 0 Å². The number of nitrogens with one attached hydrogen (secondary N) is 1. The van der Waals surface area contributed by atoms with Crippen LogP contribution in [-0.4, -0.2) is 48.5 Å². The van der Waals surface area contributed by atoms with E-state index in [4.69, 9.17) is 9.47 Å². The number of carbonyl (C=O) groups is 2. The van der Waals surface area contributed by atoms with E-state index in [0.29, 0.717) is 36.6 Å². The summed E-state index contributed by atoms with van der Waals surface area (Å²) in [5.74, 6) is -0.501. The largest absolute Gasteiger partial charge is 0.462 e. The molecule has 2 aromatic rings. The molecule has 0 unspecified atom stereocenters. The zero-order valence-corrected chi connectivity index (χ0v) is 15.4. The van der Waals surface area contributed by atoms with Gasteiger partial charge in [-0.05, 0) is 51.0 Å². The molecule has 0 radical (unpaired) electrons. The predicted octanol–water partition coefficient (Wildman–Crippen LogP) is 2.51. The number of aromatic nitrogens is 2. The molecule has 7 nitrogen and oxygen atoms in total. The van der Waals surface area contributed by atoms with Crippen molar-refractivity contribution >= 4 is 11.9 Å². The molecule has 2 rings (SSSR count). The van der Waals surface area contributed by atoms with Crippen LogP contribution in [0, 0.1) is 6.92 Å². The van der Waals surface area contributed by atoms with E-state index in [2.05, 4.69) is 10.4 Å². The number of hydrogen-bond acceptors (Lipinski definition) is 5. The van der Waals surface area contributed by atoms with Crippen molar-refractivity contribution in [2.24, 2.45) is 0 Å². The fraction of sp³-hybridized carbons (Fsp3) is 0.421. The molecule has 1 heterocycles. The highest BCUT2D eigenvalue weighted by molar-refractivity contribution is 5.94. The third-order valence-electron chi connectivity index (χ3n) is 3.94. The highest BCUT2D eigenvalue weighted by atomic mass is 16.5. The van der Waals surface area contributed by atoms with Crippen LogP contribution in [0.3, 0.4) is 0 Å². The Balaban J connectivity index is 2.01. The van der Waals surface area contributed by atoms with Crippen LogP contribution in [0.4, 0.5) is 0 Å². The van der Waals surface area contributed by atoms with Gasteiger partial charge in [-0.1, -0.05) is 0 Å². The number of unbranched alkanes of at least 4 members (excludes halogenated alkanes) is 1. The SMILES string of the molecule is CCOC(=O)c1cnn(-c2ccc(C(=O)NCCCCOC)cc2)c1C. The monoisotopic (exact) mass is 359 g/mol. The Hall–Kier alpha value is -2.67. The van der Waals surface area contributed by atoms with Gasteiger partial charge < -0.3 is 14.8 Å². The van der Waals surface area contributed by atoms with Gasteiger partial charge in [0.1, 0.15) is 5.56 Å². The first-order chi connectivity index (χ1) is 12.6. The van der Waals surface area contributed by atoms with E-state index in [1.165, 1.54) is 6.20 Å². The molecule has 0 spiro atoms. The number of ether oxygens (including phenoxy) is 2. The lowest BCUT2D eigenvalue weighted by Gasteiger charge is -2.08. The normalized spacial score (nSPS) is 10.6. The van der Waals surface area contributed by atoms with Crippen molar-refractivity contribution in [3.8, 4) is 5.69 Å². The van der Waals surface area contributed by atoms with Crippen LogP contribution < -0.4 is 5.32 Å². The molecule has 0 aliphatic carbocycles. The van der Waals surface area contributed by atoms with Crippen LogP contribution in [-0.2, 0) is 9.47 Å². The van der Waals surface area contributed by atoms with Crippen molar-refractivity contribution in [1.29, 1.82) is 0 Å². The minimum Gasteiger partial charge on any atom is -0.462 e. The molecule has 0 fully saturated rings. The zero-order chi connectivity index (χ0) is 18.9. The number of carbonyl (C=O) groups excluding carboxylic acids is 2. The molecular formula is C19H25N3O4. The molecule has 0 saturated carbocycles. The molecule has 1 amide bonds. The van der Waals surface area contributed by atoms with Gasteiger partial charge in [-0.15, -0.1) is 0 Å². The average Bonchev–Trinajstić information content (AvgIpc) is 3.03. The number of amides is 1. The molecule has 140 valence electrons. The molecule has 0 aliphatic heterocycles. The van der Waals surface area contributed by atoms with E-state index in [-0.39, 0.29) is 11.9 Å². The van der Waals surface area contributed by atoms with Gasteiger partial charge >= 0.3 is 5.97 Å². The van der Waals surface area contributed by atoms with Crippen LogP contribution in [0.1, 0.15) is 46.2 Å². The average molecular weight is 359 g/mol. The van der Waals surface area contributed by atoms with Crippen LogP contribution in [0.5, 0.6) is 0 Å². The molecule has 0 atom stereocenters.